The van der Waals surface area contributed by atoms with E-state index in [2.05, 4.69) is 4.98 Å². The summed E-state index contributed by atoms with van der Waals surface area (Å²) in [5, 5.41) is 0. The van der Waals surface area contributed by atoms with Gasteiger partial charge in [-0.2, -0.15) is 4.31 Å². The predicted octanol–water partition coefficient (Wildman–Crippen LogP) is 2.28. The third-order valence-electron chi connectivity index (χ3n) is 4.69. The van der Waals surface area contributed by atoms with E-state index in [4.69, 9.17) is 0 Å². The van der Waals surface area contributed by atoms with Gasteiger partial charge < -0.3 is 4.90 Å². The Kier molecular flexibility index (Phi) is 5.68. The lowest BCUT2D eigenvalue weighted by Crippen LogP contribution is -2.43. The normalized spacial score (nSPS) is 19.3. The van der Waals surface area contributed by atoms with E-state index in [9.17, 15) is 13.2 Å². The summed E-state index contributed by atoms with van der Waals surface area (Å²) in [5.41, 5.74) is 1.04. The molecule has 1 amide bonds. The smallest absolute Gasteiger partial charge is 0.244 e. The molecule has 1 aromatic heterocycles. The van der Waals surface area contributed by atoms with Gasteiger partial charge in [-0.1, -0.05) is 37.3 Å². The second-order valence-electron chi connectivity index (χ2n) is 6.37. The van der Waals surface area contributed by atoms with Crippen molar-refractivity contribution in [1.82, 2.24) is 14.2 Å². The molecule has 0 unspecified atom stereocenters. The molecule has 3 rings (SSSR count). The summed E-state index contributed by atoms with van der Waals surface area (Å²) in [4.78, 5) is 18.6. The van der Waals surface area contributed by atoms with Crippen LogP contribution >= 0.6 is 0 Å². The first kappa shape index (κ1) is 18.5. The number of hydrogen-bond acceptors (Lipinski definition) is 4. The van der Waals surface area contributed by atoms with Crippen LogP contribution < -0.4 is 0 Å². The summed E-state index contributed by atoms with van der Waals surface area (Å²) in [6, 6.07) is 12.8. The maximum absolute atomic E-state index is 12.9. The molecular weight excluding hydrogens is 350 g/mol. The number of carbonyl (C=O) groups is 1. The number of pyridine rings is 1. The van der Waals surface area contributed by atoms with Crippen LogP contribution in [0.5, 0.6) is 0 Å². The van der Waals surface area contributed by atoms with Gasteiger partial charge in [0.05, 0.1) is 0 Å². The summed E-state index contributed by atoms with van der Waals surface area (Å²) in [5.74, 6) is -0.00964. The largest absolute Gasteiger partial charge is 0.334 e. The Morgan fingerprint density at radius 2 is 1.92 bits per heavy atom. The monoisotopic (exact) mass is 373 g/mol. The van der Waals surface area contributed by atoms with Gasteiger partial charge in [0.25, 0.3) is 0 Å². The Labute approximate surface area is 154 Å². The van der Waals surface area contributed by atoms with E-state index in [0.717, 1.165) is 5.56 Å². The first-order valence-electron chi connectivity index (χ1n) is 8.76. The maximum Gasteiger partial charge on any atom is 0.244 e. The first-order chi connectivity index (χ1) is 12.5. The van der Waals surface area contributed by atoms with Crippen LogP contribution in [-0.4, -0.2) is 47.6 Å². The van der Waals surface area contributed by atoms with E-state index in [1.807, 2.05) is 42.2 Å². The first-order valence-corrected chi connectivity index (χ1v) is 10.2. The number of carbonyl (C=O) groups excluding carboxylic acids is 1. The summed E-state index contributed by atoms with van der Waals surface area (Å²) >= 11 is 0. The van der Waals surface area contributed by atoms with Crippen LogP contribution in [0.1, 0.15) is 25.3 Å². The van der Waals surface area contributed by atoms with Gasteiger partial charge in [-0.25, -0.2) is 8.42 Å². The van der Waals surface area contributed by atoms with Gasteiger partial charge in [-0.15, -0.1) is 0 Å². The molecule has 2 aromatic rings. The maximum atomic E-state index is 12.9. The molecule has 1 aliphatic rings. The molecule has 0 aliphatic carbocycles. The number of amides is 1. The molecule has 138 valence electrons. The third kappa shape index (κ3) is 3.94. The van der Waals surface area contributed by atoms with Crippen molar-refractivity contribution >= 4 is 15.9 Å². The highest BCUT2D eigenvalue weighted by Crippen LogP contribution is 2.22. The molecule has 0 radical (unpaired) electrons. The molecule has 2 heterocycles. The molecule has 26 heavy (non-hydrogen) atoms. The Morgan fingerprint density at radius 3 is 2.58 bits per heavy atom. The van der Waals surface area contributed by atoms with Crippen LogP contribution in [0.25, 0.3) is 0 Å². The van der Waals surface area contributed by atoms with Crippen LogP contribution in [0.2, 0.25) is 0 Å². The predicted molar refractivity (Wildman–Crippen MR) is 98.7 cm³/mol. The van der Waals surface area contributed by atoms with Gasteiger partial charge >= 0.3 is 0 Å². The highest BCUT2D eigenvalue weighted by Gasteiger charge is 2.34. The zero-order valence-electron chi connectivity index (χ0n) is 14.8. The Balaban J connectivity index is 1.84. The number of aromatic nitrogens is 1. The molecule has 1 atom stereocenters. The SMILES string of the molecule is CC[C@@H]1CN(S(=O)(=O)c2cccnc2)CCC(=O)N1Cc1ccccc1. The second-order valence-corrected chi connectivity index (χ2v) is 8.31. The van der Waals surface area contributed by atoms with Gasteiger partial charge in [0.2, 0.25) is 15.9 Å². The number of benzene rings is 1. The topological polar surface area (TPSA) is 70.6 Å². The fraction of sp³-hybridized carbons (Fsp3) is 0.368. The molecular formula is C19H23N3O3S. The second kappa shape index (κ2) is 7.97. The van der Waals surface area contributed by atoms with E-state index in [0.29, 0.717) is 19.5 Å². The highest BCUT2D eigenvalue weighted by molar-refractivity contribution is 7.89. The van der Waals surface area contributed by atoms with Crippen molar-refractivity contribution in [3.63, 3.8) is 0 Å². The quantitative estimate of drug-likeness (QED) is 0.806. The minimum atomic E-state index is -3.66. The van der Waals surface area contributed by atoms with Crippen LogP contribution in [-0.2, 0) is 21.4 Å². The van der Waals surface area contributed by atoms with Gasteiger partial charge in [0.15, 0.2) is 0 Å². The number of nitrogens with zero attached hydrogens (tertiary/aromatic N) is 3. The van der Waals surface area contributed by atoms with Crippen molar-refractivity contribution in [3.05, 3.63) is 60.4 Å². The van der Waals surface area contributed by atoms with Crippen molar-refractivity contribution in [2.24, 2.45) is 0 Å². The zero-order valence-corrected chi connectivity index (χ0v) is 15.6. The van der Waals surface area contributed by atoms with Crippen LogP contribution in [0, 0.1) is 0 Å². The van der Waals surface area contributed by atoms with Crippen molar-refractivity contribution in [3.8, 4) is 0 Å². The van der Waals surface area contributed by atoms with Crippen LogP contribution in [0.4, 0.5) is 0 Å². The molecule has 1 saturated heterocycles. The van der Waals surface area contributed by atoms with E-state index in [1.54, 1.807) is 12.3 Å². The Hall–Kier alpha value is -2.25. The lowest BCUT2D eigenvalue weighted by atomic mass is 10.1. The lowest BCUT2D eigenvalue weighted by molar-refractivity contribution is -0.133. The Bertz CT molecular complexity index is 841. The van der Waals surface area contributed by atoms with Crippen molar-refractivity contribution in [1.29, 1.82) is 0 Å². The van der Waals surface area contributed by atoms with E-state index in [1.165, 1.54) is 16.6 Å². The lowest BCUT2D eigenvalue weighted by Gasteiger charge is -2.31. The summed E-state index contributed by atoms with van der Waals surface area (Å²) in [6.45, 7) is 2.97. The summed E-state index contributed by atoms with van der Waals surface area (Å²) in [6.07, 6.45) is 3.77. The molecule has 0 saturated carbocycles. The van der Waals surface area contributed by atoms with Crippen LogP contribution in [0.15, 0.2) is 59.8 Å². The minimum absolute atomic E-state index is 0.00964. The third-order valence-corrected chi connectivity index (χ3v) is 6.54. The fourth-order valence-corrected chi connectivity index (χ4v) is 4.65. The fourth-order valence-electron chi connectivity index (χ4n) is 3.21. The van der Waals surface area contributed by atoms with Crippen molar-refractivity contribution < 1.29 is 13.2 Å². The number of hydrogen-bond donors (Lipinski definition) is 0. The number of rotatable bonds is 5. The molecule has 7 heteroatoms. The highest BCUT2D eigenvalue weighted by atomic mass is 32.2. The molecule has 6 nitrogen and oxygen atoms in total. The van der Waals surface area contributed by atoms with E-state index < -0.39 is 10.0 Å². The number of sulfonamides is 1. The van der Waals surface area contributed by atoms with Gasteiger partial charge in [-0.05, 0) is 24.1 Å². The Morgan fingerprint density at radius 1 is 1.15 bits per heavy atom. The van der Waals surface area contributed by atoms with Gasteiger partial charge in [0, 0.05) is 44.5 Å². The van der Waals surface area contributed by atoms with E-state index >= 15 is 0 Å². The average Bonchev–Trinajstić information content (AvgIpc) is 2.83. The van der Waals surface area contributed by atoms with E-state index in [-0.39, 0.29) is 29.8 Å². The molecule has 1 fully saturated rings. The average molecular weight is 373 g/mol. The molecule has 0 spiro atoms. The van der Waals surface area contributed by atoms with Crippen LogP contribution in [0.3, 0.4) is 0 Å². The van der Waals surface area contributed by atoms with Crippen molar-refractivity contribution in [2.45, 2.75) is 37.2 Å². The van der Waals surface area contributed by atoms with Gasteiger partial charge in [-0.3, -0.25) is 9.78 Å². The summed E-state index contributed by atoms with van der Waals surface area (Å²) < 4.78 is 27.3. The zero-order chi connectivity index (χ0) is 18.6. The summed E-state index contributed by atoms with van der Waals surface area (Å²) in [7, 11) is -3.66. The van der Waals surface area contributed by atoms with Crippen molar-refractivity contribution in [2.75, 3.05) is 13.1 Å². The molecule has 1 aliphatic heterocycles. The molecule has 1 aromatic carbocycles. The minimum Gasteiger partial charge on any atom is -0.334 e. The molecule has 0 bridgehead atoms. The standard InChI is InChI=1S/C19H23N3O3S/c1-2-17-15-21(26(24,25)18-9-6-11-20-13-18)12-10-19(23)22(17)14-16-7-4-3-5-8-16/h3-9,11,13,17H,2,10,12,14-15H2,1H3/t17-/m1/s1. The molecule has 0 N–H and O–H groups in total. The van der Waals surface area contributed by atoms with Gasteiger partial charge in [0.1, 0.15) is 4.90 Å².